The van der Waals surface area contributed by atoms with Crippen LogP contribution in [0.15, 0.2) is 5.38 Å². The number of hydrogen-bond acceptors (Lipinski definition) is 4. The van der Waals surface area contributed by atoms with E-state index in [1.54, 1.807) is 7.11 Å². The van der Waals surface area contributed by atoms with E-state index in [1.165, 1.54) is 11.3 Å². The molecule has 4 nitrogen and oxygen atoms in total. The van der Waals surface area contributed by atoms with Gasteiger partial charge in [-0.05, 0) is 24.3 Å². The average molecular weight is 278 g/mol. The first-order valence-corrected chi connectivity index (χ1v) is 6.50. The summed E-state index contributed by atoms with van der Waals surface area (Å²) in [5.74, 6) is -0.247. The molecule has 2 N–H and O–H groups in total. The minimum absolute atomic E-state index is 0.114. The number of methoxy groups -OCH3 is 1. The predicted molar refractivity (Wildman–Crippen MR) is 68.9 cm³/mol. The molecule has 6 heteroatoms. The van der Waals surface area contributed by atoms with Crippen molar-refractivity contribution >= 4 is 28.8 Å². The van der Waals surface area contributed by atoms with Gasteiger partial charge in [-0.25, -0.2) is 0 Å². The summed E-state index contributed by atoms with van der Waals surface area (Å²) >= 11 is 7.30. The Hall–Kier alpha value is -0.620. The summed E-state index contributed by atoms with van der Waals surface area (Å²) in [5.41, 5.74) is 0.888. The number of aliphatic hydroxyl groups is 1. The summed E-state index contributed by atoms with van der Waals surface area (Å²) in [5, 5.41) is 14.2. The highest BCUT2D eigenvalue weighted by atomic mass is 35.5. The summed E-state index contributed by atoms with van der Waals surface area (Å²) in [6.07, 6.45) is 0.570. The number of aliphatic hydroxyl groups excluding tert-OH is 1. The first-order chi connectivity index (χ1) is 8.10. The topological polar surface area (TPSA) is 58.6 Å². The zero-order valence-electron chi connectivity index (χ0n) is 9.83. The summed E-state index contributed by atoms with van der Waals surface area (Å²) < 4.78 is 4.90. The molecule has 1 rings (SSSR count). The zero-order valence-corrected chi connectivity index (χ0v) is 11.4. The fourth-order valence-electron chi connectivity index (χ4n) is 1.30. The first-order valence-electron chi connectivity index (χ1n) is 5.24. The average Bonchev–Trinajstić information content (AvgIpc) is 2.65. The molecule has 0 saturated heterocycles. The van der Waals surface area contributed by atoms with Crippen LogP contribution in [0.5, 0.6) is 0 Å². The van der Waals surface area contributed by atoms with Crippen LogP contribution in [0.3, 0.4) is 0 Å². The Morgan fingerprint density at radius 2 is 2.41 bits per heavy atom. The van der Waals surface area contributed by atoms with Crippen molar-refractivity contribution in [3.05, 3.63) is 20.8 Å². The van der Waals surface area contributed by atoms with Gasteiger partial charge in [0.05, 0.1) is 17.7 Å². The van der Waals surface area contributed by atoms with Gasteiger partial charge < -0.3 is 15.2 Å². The van der Waals surface area contributed by atoms with E-state index in [0.717, 1.165) is 5.56 Å². The molecule has 1 aromatic heterocycles. The monoisotopic (exact) mass is 277 g/mol. The quantitative estimate of drug-likeness (QED) is 0.834. The SMILES string of the molecule is COCCC(CO)NC(=O)c1scc(C)c1Cl. The normalized spacial score (nSPS) is 12.5. The molecule has 0 spiro atoms. The molecular weight excluding hydrogens is 262 g/mol. The second-order valence-electron chi connectivity index (χ2n) is 3.70. The number of aryl methyl sites for hydroxylation is 1. The maximum Gasteiger partial charge on any atom is 0.263 e. The summed E-state index contributed by atoms with van der Waals surface area (Å²) in [6, 6.07) is -0.305. The molecular formula is C11H16ClNO3S. The van der Waals surface area contributed by atoms with Gasteiger partial charge in [-0.15, -0.1) is 11.3 Å². The smallest absolute Gasteiger partial charge is 0.263 e. The van der Waals surface area contributed by atoms with Crippen LogP contribution in [0.2, 0.25) is 5.02 Å². The molecule has 1 amide bonds. The van der Waals surface area contributed by atoms with Crippen LogP contribution in [0, 0.1) is 6.92 Å². The van der Waals surface area contributed by atoms with Crippen molar-refractivity contribution < 1.29 is 14.6 Å². The van der Waals surface area contributed by atoms with Crippen LogP contribution in [0.4, 0.5) is 0 Å². The molecule has 1 atom stereocenters. The molecule has 0 radical (unpaired) electrons. The lowest BCUT2D eigenvalue weighted by molar-refractivity contribution is 0.0899. The first kappa shape index (κ1) is 14.4. The van der Waals surface area contributed by atoms with Gasteiger partial charge in [-0.3, -0.25) is 4.79 Å². The van der Waals surface area contributed by atoms with Gasteiger partial charge in [0.2, 0.25) is 0 Å². The van der Waals surface area contributed by atoms with Crippen molar-refractivity contribution in [2.45, 2.75) is 19.4 Å². The molecule has 96 valence electrons. The number of ether oxygens (including phenoxy) is 1. The number of amides is 1. The van der Waals surface area contributed by atoms with Crippen LogP contribution in [0.25, 0.3) is 0 Å². The van der Waals surface area contributed by atoms with Gasteiger partial charge >= 0.3 is 0 Å². The third-order valence-electron chi connectivity index (χ3n) is 2.33. The number of rotatable bonds is 6. The van der Waals surface area contributed by atoms with E-state index in [4.69, 9.17) is 21.4 Å². The zero-order chi connectivity index (χ0) is 12.8. The highest BCUT2D eigenvalue weighted by Crippen LogP contribution is 2.26. The van der Waals surface area contributed by atoms with Gasteiger partial charge in [0.15, 0.2) is 0 Å². The van der Waals surface area contributed by atoms with Crippen LogP contribution in [0.1, 0.15) is 21.7 Å². The molecule has 1 heterocycles. The number of nitrogens with one attached hydrogen (secondary N) is 1. The van der Waals surface area contributed by atoms with Crippen LogP contribution in [-0.4, -0.2) is 37.4 Å². The van der Waals surface area contributed by atoms with Crippen molar-refractivity contribution in [1.82, 2.24) is 5.32 Å². The standard InChI is InChI=1S/C11H16ClNO3S/c1-7-6-17-10(9(7)12)11(15)13-8(5-14)3-4-16-2/h6,8,14H,3-5H2,1-2H3,(H,13,15). The largest absolute Gasteiger partial charge is 0.394 e. The number of carbonyl (C=O) groups is 1. The molecule has 0 aliphatic heterocycles. The van der Waals surface area contributed by atoms with E-state index in [0.29, 0.717) is 22.9 Å². The van der Waals surface area contributed by atoms with Gasteiger partial charge in [0.25, 0.3) is 5.91 Å². The molecule has 0 fully saturated rings. The van der Waals surface area contributed by atoms with Crippen molar-refractivity contribution in [3.8, 4) is 0 Å². The highest BCUT2D eigenvalue weighted by Gasteiger charge is 2.17. The lowest BCUT2D eigenvalue weighted by Crippen LogP contribution is -2.38. The third kappa shape index (κ3) is 3.96. The second-order valence-corrected chi connectivity index (χ2v) is 4.95. The van der Waals surface area contributed by atoms with Crippen LogP contribution in [-0.2, 0) is 4.74 Å². The van der Waals surface area contributed by atoms with E-state index >= 15 is 0 Å². The summed E-state index contributed by atoms with van der Waals surface area (Å²) in [7, 11) is 1.58. The van der Waals surface area contributed by atoms with Crippen molar-refractivity contribution in [2.24, 2.45) is 0 Å². The third-order valence-corrected chi connectivity index (χ3v) is 4.03. The number of hydrogen-bond donors (Lipinski definition) is 2. The summed E-state index contributed by atoms with van der Waals surface area (Å²) in [6.45, 7) is 2.23. The minimum atomic E-state index is -0.305. The Labute approximate surface area is 110 Å². The number of halogens is 1. The molecule has 0 aliphatic carbocycles. The molecule has 0 aromatic carbocycles. The molecule has 0 aliphatic rings. The molecule has 17 heavy (non-hydrogen) atoms. The minimum Gasteiger partial charge on any atom is -0.394 e. The Kier molecular flexibility index (Phi) is 5.91. The predicted octanol–water partition coefficient (Wildman–Crippen LogP) is 1.84. The molecule has 1 aromatic rings. The molecule has 0 bridgehead atoms. The molecule has 1 unspecified atom stereocenters. The van der Waals surface area contributed by atoms with Gasteiger partial charge in [0, 0.05) is 13.7 Å². The van der Waals surface area contributed by atoms with E-state index in [-0.39, 0.29) is 18.6 Å². The van der Waals surface area contributed by atoms with E-state index in [9.17, 15) is 4.79 Å². The highest BCUT2D eigenvalue weighted by molar-refractivity contribution is 7.13. The molecule has 0 saturated carbocycles. The Morgan fingerprint density at radius 3 is 2.88 bits per heavy atom. The maximum absolute atomic E-state index is 11.9. The van der Waals surface area contributed by atoms with Crippen molar-refractivity contribution in [3.63, 3.8) is 0 Å². The van der Waals surface area contributed by atoms with E-state index < -0.39 is 0 Å². The number of carbonyl (C=O) groups excluding carboxylic acids is 1. The van der Waals surface area contributed by atoms with E-state index in [2.05, 4.69) is 5.32 Å². The Bertz CT molecular complexity index is 381. The van der Waals surface area contributed by atoms with Crippen molar-refractivity contribution in [1.29, 1.82) is 0 Å². The van der Waals surface area contributed by atoms with Gasteiger partial charge in [-0.1, -0.05) is 11.6 Å². The Balaban J connectivity index is 2.61. The number of thiophene rings is 1. The second kappa shape index (κ2) is 6.96. The van der Waals surface area contributed by atoms with Crippen LogP contribution < -0.4 is 5.32 Å². The maximum atomic E-state index is 11.9. The Morgan fingerprint density at radius 1 is 1.71 bits per heavy atom. The fourth-order valence-corrected chi connectivity index (χ4v) is 2.48. The van der Waals surface area contributed by atoms with Crippen molar-refractivity contribution in [2.75, 3.05) is 20.3 Å². The lowest BCUT2D eigenvalue weighted by Gasteiger charge is -2.15. The van der Waals surface area contributed by atoms with Crippen LogP contribution >= 0.6 is 22.9 Å². The van der Waals surface area contributed by atoms with E-state index in [1.807, 2.05) is 12.3 Å². The van der Waals surface area contributed by atoms with Gasteiger partial charge in [-0.2, -0.15) is 0 Å². The van der Waals surface area contributed by atoms with Gasteiger partial charge in [0.1, 0.15) is 4.88 Å². The lowest BCUT2D eigenvalue weighted by atomic mass is 10.2. The fraction of sp³-hybridized carbons (Fsp3) is 0.545. The summed E-state index contributed by atoms with van der Waals surface area (Å²) in [4.78, 5) is 12.4.